The van der Waals surface area contributed by atoms with E-state index in [-0.39, 0.29) is 0 Å². The molecule has 0 saturated carbocycles. The van der Waals surface area contributed by atoms with E-state index < -0.39 is 0 Å². The molecule has 0 atom stereocenters. The van der Waals surface area contributed by atoms with Crippen molar-refractivity contribution in [2.24, 2.45) is 7.05 Å². The Balaban J connectivity index is 2.06. The van der Waals surface area contributed by atoms with Crippen molar-refractivity contribution in [3.8, 4) is 0 Å². The minimum absolute atomic E-state index is 1.01. The molecule has 1 aromatic carbocycles. The summed E-state index contributed by atoms with van der Waals surface area (Å²) < 4.78 is 2.20. The number of nitrogens with one attached hydrogen (secondary N) is 1. The van der Waals surface area contributed by atoms with Crippen LogP contribution in [0.25, 0.3) is 10.9 Å². The molecule has 0 aliphatic rings. The first-order chi connectivity index (χ1) is 8.72. The number of para-hydroxylation sites is 1. The summed E-state index contributed by atoms with van der Waals surface area (Å²) in [5.41, 5.74) is 3.86. The third kappa shape index (κ3) is 2.76. The number of aromatic nitrogens is 1. The summed E-state index contributed by atoms with van der Waals surface area (Å²) in [5, 5.41) is 4.72. The molecule has 0 spiro atoms. The standard InChI is InChI=1S/C16H22N2/c1-4-11-17-13(2)9-10-14-12-18(3)16-8-6-5-7-15(14)16/h5-8,12,17H,2,4,9-11H2,1,3H3. The molecule has 18 heavy (non-hydrogen) atoms. The van der Waals surface area contributed by atoms with Crippen LogP contribution >= 0.6 is 0 Å². The third-order valence-corrected chi connectivity index (χ3v) is 3.30. The maximum Gasteiger partial charge on any atom is 0.0480 e. The summed E-state index contributed by atoms with van der Waals surface area (Å²) in [4.78, 5) is 0. The van der Waals surface area contributed by atoms with Gasteiger partial charge in [-0.15, -0.1) is 0 Å². The minimum Gasteiger partial charge on any atom is -0.389 e. The second kappa shape index (κ2) is 5.76. The summed E-state index contributed by atoms with van der Waals surface area (Å²) in [5.74, 6) is 0. The Labute approximate surface area is 109 Å². The van der Waals surface area contributed by atoms with Crippen LogP contribution in [0.4, 0.5) is 0 Å². The maximum absolute atomic E-state index is 4.08. The predicted octanol–water partition coefficient (Wildman–Crippen LogP) is 3.62. The zero-order chi connectivity index (χ0) is 13.0. The van der Waals surface area contributed by atoms with Gasteiger partial charge in [0.2, 0.25) is 0 Å². The highest BCUT2D eigenvalue weighted by molar-refractivity contribution is 5.83. The predicted molar refractivity (Wildman–Crippen MR) is 78.7 cm³/mol. The molecule has 0 amide bonds. The van der Waals surface area contributed by atoms with Crippen molar-refractivity contribution in [1.82, 2.24) is 9.88 Å². The number of hydrogen-bond acceptors (Lipinski definition) is 1. The first-order valence-electron chi connectivity index (χ1n) is 6.67. The molecule has 0 aliphatic carbocycles. The highest BCUT2D eigenvalue weighted by Crippen LogP contribution is 2.22. The molecular weight excluding hydrogens is 220 g/mol. The van der Waals surface area contributed by atoms with Crippen molar-refractivity contribution in [2.45, 2.75) is 26.2 Å². The lowest BCUT2D eigenvalue weighted by molar-refractivity contribution is 0.727. The minimum atomic E-state index is 1.01. The van der Waals surface area contributed by atoms with Gasteiger partial charge in [0.25, 0.3) is 0 Å². The van der Waals surface area contributed by atoms with E-state index in [0.717, 1.165) is 31.5 Å². The van der Waals surface area contributed by atoms with E-state index in [0.29, 0.717) is 0 Å². The van der Waals surface area contributed by atoms with Crippen LogP contribution in [0.5, 0.6) is 0 Å². The second-order valence-electron chi connectivity index (χ2n) is 4.81. The highest BCUT2D eigenvalue weighted by Gasteiger charge is 2.05. The van der Waals surface area contributed by atoms with Gasteiger partial charge in [-0.25, -0.2) is 0 Å². The summed E-state index contributed by atoms with van der Waals surface area (Å²) in [6, 6.07) is 8.57. The van der Waals surface area contributed by atoms with Crippen LogP contribution < -0.4 is 5.32 Å². The van der Waals surface area contributed by atoms with E-state index in [4.69, 9.17) is 0 Å². The average Bonchev–Trinajstić information content (AvgIpc) is 2.71. The molecule has 0 saturated heterocycles. The van der Waals surface area contributed by atoms with E-state index in [1.165, 1.54) is 16.5 Å². The van der Waals surface area contributed by atoms with Gasteiger partial charge in [0.15, 0.2) is 0 Å². The first-order valence-corrected chi connectivity index (χ1v) is 6.67. The molecule has 0 fully saturated rings. The molecule has 0 bridgehead atoms. The van der Waals surface area contributed by atoms with Crippen LogP contribution in [0.1, 0.15) is 25.3 Å². The molecule has 2 nitrogen and oxygen atoms in total. The summed E-state index contributed by atoms with van der Waals surface area (Å²) >= 11 is 0. The molecule has 0 radical (unpaired) electrons. The lowest BCUT2D eigenvalue weighted by Crippen LogP contribution is -2.13. The van der Waals surface area contributed by atoms with Gasteiger partial charge in [-0.1, -0.05) is 31.7 Å². The Morgan fingerprint density at radius 3 is 2.89 bits per heavy atom. The van der Waals surface area contributed by atoms with Crippen LogP contribution in [0, 0.1) is 0 Å². The molecule has 2 heteroatoms. The largest absolute Gasteiger partial charge is 0.389 e. The molecule has 1 heterocycles. The molecule has 0 unspecified atom stereocenters. The Morgan fingerprint density at radius 1 is 1.33 bits per heavy atom. The van der Waals surface area contributed by atoms with Crippen LogP contribution in [-0.2, 0) is 13.5 Å². The fourth-order valence-electron chi connectivity index (χ4n) is 2.30. The fourth-order valence-corrected chi connectivity index (χ4v) is 2.30. The molecular formula is C16H22N2. The molecule has 2 rings (SSSR count). The van der Waals surface area contributed by atoms with Gasteiger partial charge >= 0.3 is 0 Å². The number of benzene rings is 1. The number of hydrogen-bond donors (Lipinski definition) is 1. The van der Waals surface area contributed by atoms with Gasteiger partial charge in [0.05, 0.1) is 0 Å². The Hall–Kier alpha value is -1.70. The van der Waals surface area contributed by atoms with E-state index in [1.807, 2.05) is 0 Å². The van der Waals surface area contributed by atoms with E-state index in [2.05, 4.69) is 60.9 Å². The van der Waals surface area contributed by atoms with Crippen molar-refractivity contribution in [2.75, 3.05) is 6.54 Å². The third-order valence-electron chi connectivity index (χ3n) is 3.30. The number of aryl methyl sites for hydroxylation is 2. The Bertz CT molecular complexity index is 537. The van der Waals surface area contributed by atoms with Gasteiger partial charge in [-0.2, -0.15) is 0 Å². The van der Waals surface area contributed by atoms with Crippen LogP contribution in [0.2, 0.25) is 0 Å². The van der Waals surface area contributed by atoms with Crippen molar-refractivity contribution in [1.29, 1.82) is 0 Å². The topological polar surface area (TPSA) is 17.0 Å². The van der Waals surface area contributed by atoms with Gasteiger partial charge in [-0.3, -0.25) is 0 Å². The van der Waals surface area contributed by atoms with Crippen molar-refractivity contribution in [3.63, 3.8) is 0 Å². The number of nitrogens with zero attached hydrogens (tertiary/aromatic N) is 1. The van der Waals surface area contributed by atoms with E-state index >= 15 is 0 Å². The lowest BCUT2D eigenvalue weighted by atomic mass is 10.1. The van der Waals surface area contributed by atoms with Crippen LogP contribution in [0.15, 0.2) is 42.7 Å². The van der Waals surface area contributed by atoms with Crippen molar-refractivity contribution in [3.05, 3.63) is 48.3 Å². The molecule has 1 N–H and O–H groups in total. The van der Waals surface area contributed by atoms with Crippen molar-refractivity contribution < 1.29 is 0 Å². The van der Waals surface area contributed by atoms with E-state index in [1.54, 1.807) is 0 Å². The van der Waals surface area contributed by atoms with Gasteiger partial charge < -0.3 is 9.88 Å². The Morgan fingerprint density at radius 2 is 2.11 bits per heavy atom. The number of rotatable bonds is 6. The molecule has 96 valence electrons. The van der Waals surface area contributed by atoms with Crippen molar-refractivity contribution >= 4 is 10.9 Å². The second-order valence-corrected chi connectivity index (χ2v) is 4.81. The van der Waals surface area contributed by atoms with Gasteiger partial charge in [-0.05, 0) is 30.9 Å². The van der Waals surface area contributed by atoms with Crippen LogP contribution in [-0.4, -0.2) is 11.1 Å². The maximum atomic E-state index is 4.08. The summed E-state index contributed by atoms with van der Waals surface area (Å²) in [6.07, 6.45) is 5.44. The SMILES string of the molecule is C=C(CCc1cn(C)c2ccccc12)NCCC. The zero-order valence-corrected chi connectivity index (χ0v) is 11.4. The Kier molecular flexibility index (Phi) is 4.08. The number of allylic oxidation sites excluding steroid dienone is 1. The van der Waals surface area contributed by atoms with Gasteiger partial charge in [0.1, 0.15) is 0 Å². The number of fused-ring (bicyclic) bond motifs is 1. The highest BCUT2D eigenvalue weighted by atomic mass is 14.9. The summed E-state index contributed by atoms with van der Waals surface area (Å²) in [7, 11) is 2.11. The average molecular weight is 242 g/mol. The van der Waals surface area contributed by atoms with E-state index in [9.17, 15) is 0 Å². The molecule has 2 aromatic rings. The smallest absolute Gasteiger partial charge is 0.0480 e. The fraction of sp³-hybridized carbons (Fsp3) is 0.375. The monoisotopic (exact) mass is 242 g/mol. The van der Waals surface area contributed by atoms with Gasteiger partial charge in [0, 0.05) is 36.4 Å². The first kappa shape index (κ1) is 12.7. The molecule has 1 aromatic heterocycles. The molecule has 0 aliphatic heterocycles. The van der Waals surface area contributed by atoms with Crippen LogP contribution in [0.3, 0.4) is 0 Å². The quantitative estimate of drug-likeness (QED) is 0.818. The summed E-state index contributed by atoms with van der Waals surface area (Å²) in [6.45, 7) is 7.27. The normalized spacial score (nSPS) is 10.8. The lowest BCUT2D eigenvalue weighted by Gasteiger charge is -2.07. The zero-order valence-electron chi connectivity index (χ0n) is 11.4.